The summed E-state index contributed by atoms with van der Waals surface area (Å²) in [6.45, 7) is 0.505. The van der Waals surface area contributed by atoms with Gasteiger partial charge in [0.1, 0.15) is 23.9 Å². The number of esters is 1. The first kappa shape index (κ1) is 20.8. The molecule has 4 aromatic carbocycles. The lowest BCUT2D eigenvalue weighted by atomic mass is 9.75. The summed E-state index contributed by atoms with van der Waals surface area (Å²) in [4.78, 5) is 13.2. The molecule has 2 atom stereocenters. The van der Waals surface area contributed by atoms with Gasteiger partial charge in [-0.3, -0.25) is 4.79 Å². The standard InChI is InChI=1S/C29H24O4/c1-31-24-16-17-25-26(18-24)33-29(30)28(21-10-6-3-7-11-21)27(25)22-12-14-23(15-13-22)32-19-20-8-4-2-5-9-20/h2-18,27-28H,19H2,1H3/t27-,28-/m0/s1. The lowest BCUT2D eigenvalue weighted by Gasteiger charge is -2.33. The van der Waals surface area contributed by atoms with Gasteiger partial charge >= 0.3 is 5.97 Å². The summed E-state index contributed by atoms with van der Waals surface area (Å²) in [6.07, 6.45) is 0. The smallest absolute Gasteiger partial charge is 0.319 e. The fourth-order valence-corrected chi connectivity index (χ4v) is 4.35. The molecule has 0 saturated heterocycles. The molecule has 0 unspecified atom stereocenters. The second kappa shape index (κ2) is 9.21. The Hall–Kier alpha value is -4.05. The Labute approximate surface area is 193 Å². The van der Waals surface area contributed by atoms with Gasteiger partial charge in [0.15, 0.2) is 0 Å². The van der Waals surface area contributed by atoms with E-state index in [1.54, 1.807) is 13.2 Å². The Morgan fingerprint density at radius 3 is 2.06 bits per heavy atom. The number of rotatable bonds is 6. The minimum absolute atomic E-state index is 0.183. The zero-order chi connectivity index (χ0) is 22.6. The molecule has 0 aromatic heterocycles. The van der Waals surface area contributed by atoms with Crippen molar-refractivity contribution >= 4 is 5.97 Å². The van der Waals surface area contributed by atoms with Gasteiger partial charge in [0.05, 0.1) is 13.0 Å². The van der Waals surface area contributed by atoms with Crippen molar-refractivity contribution in [2.75, 3.05) is 7.11 Å². The van der Waals surface area contributed by atoms with Crippen molar-refractivity contribution in [2.24, 2.45) is 0 Å². The molecule has 0 bridgehead atoms. The molecular weight excluding hydrogens is 412 g/mol. The Bertz CT molecular complexity index is 1230. The van der Waals surface area contributed by atoms with E-state index in [0.717, 1.165) is 28.0 Å². The van der Waals surface area contributed by atoms with E-state index in [9.17, 15) is 4.79 Å². The van der Waals surface area contributed by atoms with Gasteiger partial charge < -0.3 is 14.2 Å². The molecule has 1 aliphatic heterocycles. The topological polar surface area (TPSA) is 44.8 Å². The molecule has 0 amide bonds. The normalized spacial score (nSPS) is 17.1. The summed E-state index contributed by atoms with van der Waals surface area (Å²) in [7, 11) is 1.60. The molecule has 33 heavy (non-hydrogen) atoms. The summed E-state index contributed by atoms with van der Waals surface area (Å²) >= 11 is 0. The van der Waals surface area contributed by atoms with Gasteiger partial charge in [0.25, 0.3) is 0 Å². The van der Waals surface area contributed by atoms with Crippen molar-refractivity contribution < 1.29 is 19.0 Å². The van der Waals surface area contributed by atoms with Crippen molar-refractivity contribution in [2.45, 2.75) is 18.4 Å². The van der Waals surface area contributed by atoms with E-state index in [2.05, 4.69) is 0 Å². The van der Waals surface area contributed by atoms with Crippen LogP contribution >= 0.6 is 0 Å². The molecule has 5 rings (SSSR count). The molecule has 0 aliphatic carbocycles. The van der Waals surface area contributed by atoms with Crippen LogP contribution in [-0.4, -0.2) is 13.1 Å². The van der Waals surface area contributed by atoms with Gasteiger partial charge in [-0.15, -0.1) is 0 Å². The van der Waals surface area contributed by atoms with Crippen LogP contribution in [0, 0.1) is 0 Å². The van der Waals surface area contributed by atoms with Crippen molar-refractivity contribution in [1.82, 2.24) is 0 Å². The lowest BCUT2D eigenvalue weighted by Crippen LogP contribution is -2.30. The highest BCUT2D eigenvalue weighted by Gasteiger charge is 2.40. The second-order valence-electron chi connectivity index (χ2n) is 8.03. The predicted octanol–water partition coefficient (Wildman–Crippen LogP) is 6.11. The maximum Gasteiger partial charge on any atom is 0.319 e. The quantitative estimate of drug-likeness (QED) is 0.270. The first-order chi connectivity index (χ1) is 16.2. The molecule has 1 aliphatic rings. The van der Waals surface area contributed by atoms with E-state index < -0.39 is 5.92 Å². The van der Waals surface area contributed by atoms with Crippen LogP contribution in [0.5, 0.6) is 17.2 Å². The van der Waals surface area contributed by atoms with Gasteiger partial charge in [-0.1, -0.05) is 78.9 Å². The number of hydrogen-bond donors (Lipinski definition) is 0. The largest absolute Gasteiger partial charge is 0.497 e. The monoisotopic (exact) mass is 436 g/mol. The molecule has 0 fully saturated rings. The van der Waals surface area contributed by atoms with Crippen LogP contribution in [0.4, 0.5) is 0 Å². The van der Waals surface area contributed by atoms with E-state index in [1.807, 2.05) is 97.1 Å². The van der Waals surface area contributed by atoms with E-state index in [4.69, 9.17) is 14.2 Å². The van der Waals surface area contributed by atoms with Crippen LogP contribution in [0.25, 0.3) is 0 Å². The maximum atomic E-state index is 13.2. The molecule has 0 N–H and O–H groups in total. The van der Waals surface area contributed by atoms with Gasteiger partial charge in [0.2, 0.25) is 0 Å². The Kier molecular flexibility index (Phi) is 5.81. The summed E-state index contributed by atoms with van der Waals surface area (Å²) in [5, 5.41) is 0. The summed E-state index contributed by atoms with van der Waals surface area (Å²) in [5.41, 5.74) is 4.03. The van der Waals surface area contributed by atoms with Crippen molar-refractivity contribution in [1.29, 1.82) is 0 Å². The third kappa shape index (κ3) is 4.33. The molecule has 0 radical (unpaired) electrons. The predicted molar refractivity (Wildman–Crippen MR) is 127 cm³/mol. The van der Waals surface area contributed by atoms with E-state index in [-0.39, 0.29) is 11.9 Å². The average molecular weight is 437 g/mol. The van der Waals surface area contributed by atoms with Crippen molar-refractivity contribution in [3.8, 4) is 17.2 Å². The first-order valence-electron chi connectivity index (χ1n) is 10.9. The molecule has 164 valence electrons. The Morgan fingerprint density at radius 1 is 0.727 bits per heavy atom. The highest BCUT2D eigenvalue weighted by atomic mass is 16.5. The minimum Gasteiger partial charge on any atom is -0.497 e. The van der Waals surface area contributed by atoms with E-state index >= 15 is 0 Å². The number of methoxy groups -OCH3 is 1. The maximum absolute atomic E-state index is 13.2. The van der Waals surface area contributed by atoms with Crippen LogP contribution in [0.3, 0.4) is 0 Å². The zero-order valence-electron chi connectivity index (χ0n) is 18.3. The lowest BCUT2D eigenvalue weighted by molar-refractivity contribution is -0.137. The Morgan fingerprint density at radius 2 is 1.36 bits per heavy atom. The van der Waals surface area contributed by atoms with Crippen LogP contribution in [0.15, 0.2) is 103 Å². The van der Waals surface area contributed by atoms with Crippen LogP contribution in [-0.2, 0) is 11.4 Å². The summed E-state index contributed by atoms with van der Waals surface area (Å²) < 4.78 is 17.1. The number of benzene rings is 4. The van der Waals surface area contributed by atoms with Crippen LogP contribution < -0.4 is 14.2 Å². The first-order valence-corrected chi connectivity index (χ1v) is 10.9. The van der Waals surface area contributed by atoms with Gasteiger partial charge in [-0.2, -0.15) is 0 Å². The fourth-order valence-electron chi connectivity index (χ4n) is 4.35. The number of fused-ring (bicyclic) bond motifs is 1. The third-order valence-electron chi connectivity index (χ3n) is 6.00. The zero-order valence-corrected chi connectivity index (χ0v) is 18.3. The number of ether oxygens (including phenoxy) is 3. The average Bonchev–Trinajstić information content (AvgIpc) is 2.88. The number of carbonyl (C=O) groups excluding carboxylic acids is 1. The van der Waals surface area contributed by atoms with Crippen molar-refractivity contribution in [3.05, 3.63) is 125 Å². The van der Waals surface area contributed by atoms with Gasteiger partial charge in [-0.25, -0.2) is 0 Å². The minimum atomic E-state index is -0.441. The molecule has 4 aromatic rings. The van der Waals surface area contributed by atoms with Gasteiger partial charge in [0, 0.05) is 17.5 Å². The molecular formula is C29H24O4. The summed E-state index contributed by atoms with van der Waals surface area (Å²) in [6, 6.07) is 33.5. The number of carbonyl (C=O) groups is 1. The van der Waals surface area contributed by atoms with Crippen molar-refractivity contribution in [3.63, 3.8) is 0 Å². The summed E-state index contributed by atoms with van der Waals surface area (Å²) in [5.74, 6) is 1.09. The number of hydrogen-bond acceptors (Lipinski definition) is 4. The van der Waals surface area contributed by atoms with E-state index in [1.165, 1.54) is 0 Å². The highest BCUT2D eigenvalue weighted by molar-refractivity contribution is 5.85. The second-order valence-corrected chi connectivity index (χ2v) is 8.03. The van der Waals surface area contributed by atoms with Crippen LogP contribution in [0.1, 0.15) is 34.1 Å². The van der Waals surface area contributed by atoms with Gasteiger partial charge in [-0.05, 0) is 34.9 Å². The van der Waals surface area contributed by atoms with E-state index in [0.29, 0.717) is 18.1 Å². The SMILES string of the molecule is COc1ccc2c(c1)OC(=O)[C@@H](c1ccccc1)[C@H]2c1ccc(OCc2ccccc2)cc1. The fraction of sp³-hybridized carbons (Fsp3) is 0.138. The molecule has 4 heteroatoms. The Balaban J connectivity index is 1.49. The molecule has 0 saturated carbocycles. The highest BCUT2D eigenvalue weighted by Crippen LogP contribution is 2.47. The third-order valence-corrected chi connectivity index (χ3v) is 6.00. The van der Waals surface area contributed by atoms with Crippen LogP contribution in [0.2, 0.25) is 0 Å². The molecule has 0 spiro atoms. The molecule has 4 nitrogen and oxygen atoms in total. The molecule has 1 heterocycles.